The number of piperidine rings is 1. The van der Waals surface area contributed by atoms with Gasteiger partial charge < -0.3 is 10.4 Å². The van der Waals surface area contributed by atoms with Crippen LogP contribution in [0.2, 0.25) is 0 Å². The first-order chi connectivity index (χ1) is 6.92. The van der Waals surface area contributed by atoms with Crippen LogP contribution in [0.5, 0.6) is 0 Å². The fourth-order valence-electron chi connectivity index (χ4n) is 3.34. The third kappa shape index (κ3) is 2.29. The summed E-state index contributed by atoms with van der Waals surface area (Å²) in [7, 11) is 0. The summed E-state index contributed by atoms with van der Waals surface area (Å²) >= 11 is 0. The highest BCUT2D eigenvalue weighted by molar-refractivity contribution is 4.88. The molecular weight excluding hydrogens is 174 g/mol. The van der Waals surface area contributed by atoms with Crippen LogP contribution in [0.25, 0.3) is 0 Å². The molecule has 14 heavy (non-hydrogen) atoms. The molecule has 2 nitrogen and oxygen atoms in total. The Labute approximate surface area is 87.1 Å². The van der Waals surface area contributed by atoms with Gasteiger partial charge in [-0.1, -0.05) is 12.8 Å². The Morgan fingerprint density at radius 2 is 1.86 bits per heavy atom. The van der Waals surface area contributed by atoms with Crippen LogP contribution in [-0.4, -0.2) is 24.3 Å². The van der Waals surface area contributed by atoms with E-state index in [0.717, 1.165) is 24.3 Å². The summed E-state index contributed by atoms with van der Waals surface area (Å²) in [4.78, 5) is 0. The van der Waals surface area contributed by atoms with E-state index in [2.05, 4.69) is 5.32 Å². The van der Waals surface area contributed by atoms with Crippen molar-refractivity contribution in [2.45, 2.75) is 51.0 Å². The maximum atomic E-state index is 9.05. The maximum absolute atomic E-state index is 9.05. The Bertz CT molecular complexity index is 164. The van der Waals surface area contributed by atoms with Crippen molar-refractivity contribution in [3.8, 4) is 0 Å². The lowest BCUT2D eigenvalue weighted by molar-refractivity contribution is 0.164. The number of aliphatic hydroxyl groups is 1. The van der Waals surface area contributed by atoms with Crippen molar-refractivity contribution in [2.24, 2.45) is 11.8 Å². The summed E-state index contributed by atoms with van der Waals surface area (Å²) in [6.45, 7) is 1.57. The summed E-state index contributed by atoms with van der Waals surface area (Å²) in [5, 5.41) is 12.7. The van der Waals surface area contributed by atoms with Gasteiger partial charge in [0.25, 0.3) is 0 Å². The van der Waals surface area contributed by atoms with E-state index in [1.54, 1.807) is 0 Å². The second-order valence-corrected chi connectivity index (χ2v) is 4.94. The Hall–Kier alpha value is -0.0800. The molecule has 0 spiro atoms. The molecule has 2 N–H and O–H groups in total. The minimum Gasteiger partial charge on any atom is -0.396 e. The van der Waals surface area contributed by atoms with Crippen molar-refractivity contribution in [3.63, 3.8) is 0 Å². The topological polar surface area (TPSA) is 32.3 Å². The predicted octanol–water partition coefficient (Wildman–Crippen LogP) is 1.93. The van der Waals surface area contributed by atoms with Gasteiger partial charge in [0.1, 0.15) is 0 Å². The summed E-state index contributed by atoms with van der Waals surface area (Å²) < 4.78 is 0. The molecule has 0 bridgehead atoms. The van der Waals surface area contributed by atoms with Crippen LogP contribution in [0, 0.1) is 11.8 Å². The van der Waals surface area contributed by atoms with Gasteiger partial charge in [-0.25, -0.2) is 0 Å². The van der Waals surface area contributed by atoms with Crippen LogP contribution in [0.3, 0.4) is 0 Å². The highest BCUT2D eigenvalue weighted by atomic mass is 16.3. The van der Waals surface area contributed by atoms with Gasteiger partial charge in [-0.3, -0.25) is 0 Å². The number of hydrogen-bond donors (Lipinski definition) is 2. The molecule has 2 atom stereocenters. The van der Waals surface area contributed by atoms with E-state index < -0.39 is 0 Å². The molecule has 1 saturated heterocycles. The number of aliphatic hydroxyl groups excluding tert-OH is 1. The second kappa shape index (κ2) is 5.13. The highest BCUT2D eigenvalue weighted by Crippen LogP contribution is 2.34. The molecule has 0 unspecified atom stereocenters. The lowest BCUT2D eigenvalue weighted by Crippen LogP contribution is -2.45. The molecule has 1 heterocycles. The highest BCUT2D eigenvalue weighted by Gasteiger charge is 2.32. The Morgan fingerprint density at radius 3 is 2.57 bits per heavy atom. The monoisotopic (exact) mass is 197 g/mol. The molecule has 82 valence electrons. The van der Waals surface area contributed by atoms with Crippen LogP contribution in [-0.2, 0) is 0 Å². The normalized spacial score (nSPS) is 34.9. The van der Waals surface area contributed by atoms with E-state index in [0.29, 0.717) is 6.61 Å². The largest absolute Gasteiger partial charge is 0.396 e. The van der Waals surface area contributed by atoms with Crippen LogP contribution < -0.4 is 5.32 Å². The zero-order chi connectivity index (χ0) is 9.80. The summed E-state index contributed by atoms with van der Waals surface area (Å²) in [5.41, 5.74) is 0. The number of rotatable bonds is 3. The van der Waals surface area contributed by atoms with Crippen molar-refractivity contribution in [3.05, 3.63) is 0 Å². The Morgan fingerprint density at radius 1 is 1.07 bits per heavy atom. The van der Waals surface area contributed by atoms with E-state index >= 15 is 0 Å². The second-order valence-electron chi connectivity index (χ2n) is 4.94. The van der Waals surface area contributed by atoms with E-state index in [9.17, 15) is 0 Å². The van der Waals surface area contributed by atoms with Crippen molar-refractivity contribution >= 4 is 0 Å². The number of nitrogens with one attached hydrogen (secondary N) is 1. The van der Waals surface area contributed by atoms with E-state index in [-0.39, 0.29) is 0 Å². The summed E-state index contributed by atoms with van der Waals surface area (Å²) in [5.74, 6) is 1.66. The predicted molar refractivity (Wildman–Crippen MR) is 58.2 cm³/mol. The molecule has 1 aliphatic carbocycles. The van der Waals surface area contributed by atoms with Gasteiger partial charge >= 0.3 is 0 Å². The smallest absolute Gasteiger partial charge is 0.0434 e. The van der Waals surface area contributed by atoms with Gasteiger partial charge in [0, 0.05) is 12.6 Å². The standard InChI is InChI=1S/C12H23NO/c14-9-7-11-6-3-8-13-12(11)10-4-1-2-5-10/h10-14H,1-9H2/t11-,12-/m1/s1. The van der Waals surface area contributed by atoms with Crippen LogP contribution in [0.1, 0.15) is 44.9 Å². The lowest BCUT2D eigenvalue weighted by atomic mass is 9.80. The third-order valence-electron chi connectivity index (χ3n) is 4.05. The quantitative estimate of drug-likeness (QED) is 0.724. The van der Waals surface area contributed by atoms with E-state index in [4.69, 9.17) is 5.11 Å². The van der Waals surface area contributed by atoms with Crippen molar-refractivity contribution in [1.29, 1.82) is 0 Å². The zero-order valence-electron chi connectivity index (χ0n) is 9.04. The van der Waals surface area contributed by atoms with Gasteiger partial charge in [-0.05, 0) is 50.5 Å². The molecule has 2 aliphatic rings. The molecule has 0 aromatic rings. The first kappa shape index (κ1) is 10.4. The van der Waals surface area contributed by atoms with Crippen LogP contribution in [0.15, 0.2) is 0 Å². The van der Waals surface area contributed by atoms with Crippen molar-refractivity contribution in [2.75, 3.05) is 13.2 Å². The van der Waals surface area contributed by atoms with Gasteiger partial charge in [-0.15, -0.1) is 0 Å². The molecule has 0 aromatic heterocycles. The van der Waals surface area contributed by atoms with Gasteiger partial charge in [-0.2, -0.15) is 0 Å². The van der Waals surface area contributed by atoms with Gasteiger partial charge in [0.05, 0.1) is 0 Å². The lowest BCUT2D eigenvalue weighted by Gasteiger charge is -2.36. The first-order valence-electron chi connectivity index (χ1n) is 6.26. The Kier molecular flexibility index (Phi) is 3.82. The molecule has 0 aromatic carbocycles. The van der Waals surface area contributed by atoms with Crippen LogP contribution >= 0.6 is 0 Å². The maximum Gasteiger partial charge on any atom is 0.0434 e. The minimum atomic E-state index is 0.371. The molecule has 1 saturated carbocycles. The third-order valence-corrected chi connectivity index (χ3v) is 4.05. The fourth-order valence-corrected chi connectivity index (χ4v) is 3.34. The summed E-state index contributed by atoms with van der Waals surface area (Å²) in [6, 6.07) is 0.721. The molecule has 1 aliphatic heterocycles. The molecule has 2 rings (SSSR count). The first-order valence-corrected chi connectivity index (χ1v) is 6.26. The molecule has 0 radical (unpaired) electrons. The summed E-state index contributed by atoms with van der Waals surface area (Å²) in [6.07, 6.45) is 9.32. The zero-order valence-corrected chi connectivity index (χ0v) is 9.04. The van der Waals surface area contributed by atoms with E-state index in [1.165, 1.54) is 45.1 Å². The SMILES string of the molecule is OCC[C@H]1CCCN[C@@H]1C1CCCC1. The van der Waals surface area contributed by atoms with Crippen LogP contribution in [0.4, 0.5) is 0 Å². The Balaban J connectivity index is 1.91. The molecule has 2 heteroatoms. The van der Waals surface area contributed by atoms with Crippen molar-refractivity contribution < 1.29 is 5.11 Å². The molecule has 0 amide bonds. The average molecular weight is 197 g/mol. The minimum absolute atomic E-state index is 0.371. The number of hydrogen-bond acceptors (Lipinski definition) is 2. The fraction of sp³-hybridized carbons (Fsp3) is 1.00. The van der Waals surface area contributed by atoms with Gasteiger partial charge in [0.15, 0.2) is 0 Å². The van der Waals surface area contributed by atoms with Gasteiger partial charge in [0.2, 0.25) is 0 Å². The average Bonchev–Trinajstić information content (AvgIpc) is 2.72. The van der Waals surface area contributed by atoms with E-state index in [1.807, 2.05) is 0 Å². The molecular formula is C12H23NO. The molecule has 2 fully saturated rings. The van der Waals surface area contributed by atoms with Crippen molar-refractivity contribution in [1.82, 2.24) is 5.32 Å².